The Hall–Kier alpha value is -2.40. The van der Waals surface area contributed by atoms with Crippen LogP contribution < -0.4 is 0 Å². The van der Waals surface area contributed by atoms with Crippen LogP contribution in [0.1, 0.15) is 35.1 Å². The molecule has 7 heteroatoms. The molecule has 2 aromatic carbocycles. The van der Waals surface area contributed by atoms with E-state index >= 15 is 0 Å². The molecular weight excluding hydrogens is 413 g/mol. The van der Waals surface area contributed by atoms with Crippen LogP contribution in [0, 0.1) is 11.3 Å². The van der Waals surface area contributed by atoms with E-state index in [9.17, 15) is 13.2 Å². The lowest BCUT2D eigenvalue weighted by molar-refractivity contribution is -0.137. The van der Waals surface area contributed by atoms with Gasteiger partial charge in [-0.1, -0.05) is 24.3 Å². The molecule has 170 valence electrons. The van der Waals surface area contributed by atoms with Crippen molar-refractivity contribution in [3.05, 3.63) is 70.8 Å². The van der Waals surface area contributed by atoms with Crippen LogP contribution in [0.2, 0.25) is 0 Å². The molecule has 0 spiro atoms. The fourth-order valence-corrected chi connectivity index (χ4v) is 4.78. The molecule has 2 saturated heterocycles. The molecule has 0 atom stereocenters. The van der Waals surface area contributed by atoms with Gasteiger partial charge in [0.2, 0.25) is 0 Å². The molecule has 2 aliphatic rings. The van der Waals surface area contributed by atoms with Gasteiger partial charge in [0.05, 0.1) is 17.2 Å². The summed E-state index contributed by atoms with van der Waals surface area (Å²) in [6.45, 7) is 7.63. The fraction of sp³-hybridized carbons (Fsp3) is 0.480. The van der Waals surface area contributed by atoms with Crippen LogP contribution in [0.3, 0.4) is 0 Å². The van der Waals surface area contributed by atoms with Crippen molar-refractivity contribution in [1.82, 2.24) is 14.7 Å². The van der Waals surface area contributed by atoms with E-state index < -0.39 is 11.7 Å². The zero-order valence-corrected chi connectivity index (χ0v) is 18.2. The van der Waals surface area contributed by atoms with Gasteiger partial charge in [0.25, 0.3) is 0 Å². The summed E-state index contributed by atoms with van der Waals surface area (Å²) < 4.78 is 38.2. The fourth-order valence-electron chi connectivity index (χ4n) is 4.78. The number of benzene rings is 2. The number of halogens is 3. The first-order chi connectivity index (χ1) is 15.4. The van der Waals surface area contributed by atoms with E-state index in [4.69, 9.17) is 5.26 Å². The lowest BCUT2D eigenvalue weighted by Gasteiger charge is -2.43. The summed E-state index contributed by atoms with van der Waals surface area (Å²) in [4.78, 5) is 7.38. The molecule has 0 N–H and O–H groups in total. The minimum Gasteiger partial charge on any atom is -0.299 e. The Morgan fingerprint density at radius 3 is 2.06 bits per heavy atom. The average Bonchev–Trinajstić information content (AvgIpc) is 2.80. The normalized spacial score (nSPS) is 19.7. The van der Waals surface area contributed by atoms with Crippen molar-refractivity contribution in [2.45, 2.75) is 38.1 Å². The second kappa shape index (κ2) is 10.0. The Morgan fingerprint density at radius 2 is 1.44 bits per heavy atom. The molecule has 0 radical (unpaired) electrons. The predicted molar refractivity (Wildman–Crippen MR) is 118 cm³/mol. The van der Waals surface area contributed by atoms with Gasteiger partial charge in [-0.25, -0.2) is 0 Å². The Bertz CT molecular complexity index is 919. The monoisotopic (exact) mass is 442 g/mol. The summed E-state index contributed by atoms with van der Waals surface area (Å²) >= 11 is 0. The maximum atomic E-state index is 12.7. The summed E-state index contributed by atoms with van der Waals surface area (Å²) in [7, 11) is 0. The molecule has 0 amide bonds. The number of alkyl halides is 3. The van der Waals surface area contributed by atoms with Crippen LogP contribution in [0.5, 0.6) is 0 Å². The zero-order chi connectivity index (χ0) is 22.6. The molecular formula is C25H29F3N4. The lowest BCUT2D eigenvalue weighted by Crippen LogP contribution is -2.52. The van der Waals surface area contributed by atoms with Gasteiger partial charge in [0.1, 0.15) is 0 Å². The number of piperidine rings is 1. The van der Waals surface area contributed by atoms with Gasteiger partial charge in [-0.3, -0.25) is 14.7 Å². The van der Waals surface area contributed by atoms with E-state index in [-0.39, 0.29) is 0 Å². The summed E-state index contributed by atoms with van der Waals surface area (Å²) in [5, 5.41) is 9.07. The van der Waals surface area contributed by atoms with Crippen LogP contribution in [0.4, 0.5) is 13.2 Å². The smallest absolute Gasteiger partial charge is 0.299 e. The van der Waals surface area contributed by atoms with Crippen molar-refractivity contribution >= 4 is 0 Å². The standard InChI is InChI=1S/C25H29F3N4/c26-25(27,28)23-6-4-20(5-7-23)18-31-12-14-32(15-13-31)24-8-10-30(11-9-24)19-22-3-1-2-21(16-22)17-29/h1-7,16,24H,8-15,18-19H2. The molecule has 32 heavy (non-hydrogen) atoms. The van der Waals surface area contributed by atoms with Gasteiger partial charge >= 0.3 is 6.18 Å². The minimum absolute atomic E-state index is 0.588. The van der Waals surface area contributed by atoms with Gasteiger partial charge in [-0.2, -0.15) is 18.4 Å². The second-order valence-corrected chi connectivity index (χ2v) is 8.83. The number of rotatable bonds is 5. The topological polar surface area (TPSA) is 33.5 Å². The van der Waals surface area contributed by atoms with Gasteiger partial charge in [0.15, 0.2) is 0 Å². The maximum absolute atomic E-state index is 12.7. The van der Waals surface area contributed by atoms with Gasteiger partial charge in [-0.05, 0) is 61.3 Å². The molecule has 2 heterocycles. The second-order valence-electron chi connectivity index (χ2n) is 8.83. The quantitative estimate of drug-likeness (QED) is 0.689. The predicted octanol–water partition coefficient (Wildman–Crippen LogP) is 4.36. The van der Waals surface area contributed by atoms with Crippen molar-refractivity contribution in [2.75, 3.05) is 39.3 Å². The van der Waals surface area contributed by atoms with E-state index in [1.165, 1.54) is 17.7 Å². The highest BCUT2D eigenvalue weighted by Crippen LogP contribution is 2.29. The number of nitriles is 1. The van der Waals surface area contributed by atoms with Crippen LogP contribution in [-0.4, -0.2) is 60.0 Å². The molecule has 0 unspecified atom stereocenters. The SMILES string of the molecule is N#Cc1cccc(CN2CCC(N3CCN(Cc4ccc(C(F)(F)F)cc4)CC3)CC2)c1. The molecule has 4 rings (SSSR count). The zero-order valence-electron chi connectivity index (χ0n) is 18.2. The molecule has 4 nitrogen and oxygen atoms in total. The Morgan fingerprint density at radius 1 is 0.812 bits per heavy atom. The largest absolute Gasteiger partial charge is 0.416 e. The van der Waals surface area contributed by atoms with Gasteiger partial charge in [-0.15, -0.1) is 0 Å². The number of nitrogens with zero attached hydrogens (tertiary/aromatic N) is 4. The maximum Gasteiger partial charge on any atom is 0.416 e. The molecule has 2 fully saturated rings. The number of piperazine rings is 1. The van der Waals surface area contributed by atoms with Gasteiger partial charge in [0, 0.05) is 45.3 Å². The van der Waals surface area contributed by atoms with Gasteiger partial charge < -0.3 is 0 Å². The third-order valence-electron chi connectivity index (χ3n) is 6.63. The van der Waals surface area contributed by atoms with E-state index in [0.717, 1.165) is 64.2 Å². The van der Waals surface area contributed by atoms with E-state index in [1.54, 1.807) is 12.1 Å². The Labute approximate surface area is 187 Å². The van der Waals surface area contributed by atoms with Crippen LogP contribution in [0.25, 0.3) is 0 Å². The van der Waals surface area contributed by atoms with Crippen LogP contribution in [-0.2, 0) is 19.3 Å². The highest BCUT2D eigenvalue weighted by atomic mass is 19.4. The third-order valence-corrected chi connectivity index (χ3v) is 6.63. The van der Waals surface area contributed by atoms with Crippen LogP contribution in [0.15, 0.2) is 48.5 Å². The van der Waals surface area contributed by atoms with Crippen molar-refractivity contribution in [3.8, 4) is 6.07 Å². The average molecular weight is 443 g/mol. The summed E-state index contributed by atoms with van der Waals surface area (Å²) in [5.41, 5.74) is 2.25. The third kappa shape index (κ3) is 5.89. The summed E-state index contributed by atoms with van der Waals surface area (Å²) in [6, 6.07) is 16.2. The first-order valence-electron chi connectivity index (χ1n) is 11.2. The lowest BCUT2D eigenvalue weighted by atomic mass is 10.0. The highest BCUT2D eigenvalue weighted by Gasteiger charge is 2.30. The molecule has 2 aliphatic heterocycles. The Kier molecular flexibility index (Phi) is 7.14. The van der Waals surface area contributed by atoms with E-state index in [2.05, 4.69) is 26.8 Å². The van der Waals surface area contributed by atoms with Crippen LogP contribution >= 0.6 is 0 Å². The molecule has 0 saturated carbocycles. The van der Waals surface area contributed by atoms with E-state index in [0.29, 0.717) is 18.2 Å². The van der Waals surface area contributed by atoms with Crippen molar-refractivity contribution < 1.29 is 13.2 Å². The molecule has 0 aromatic heterocycles. The molecule has 0 aliphatic carbocycles. The number of hydrogen-bond acceptors (Lipinski definition) is 4. The van der Waals surface area contributed by atoms with Crippen molar-refractivity contribution in [3.63, 3.8) is 0 Å². The van der Waals surface area contributed by atoms with E-state index in [1.807, 2.05) is 18.2 Å². The summed E-state index contributed by atoms with van der Waals surface area (Å²) in [5.74, 6) is 0. The minimum atomic E-state index is -4.28. The Balaban J connectivity index is 1.20. The number of hydrogen-bond donors (Lipinski definition) is 0. The molecule has 2 aromatic rings. The first kappa shape index (κ1) is 22.8. The molecule has 0 bridgehead atoms. The van der Waals surface area contributed by atoms with Crippen molar-refractivity contribution in [1.29, 1.82) is 5.26 Å². The summed E-state index contributed by atoms with van der Waals surface area (Å²) in [6.07, 6.45) is -1.98. The highest BCUT2D eigenvalue weighted by molar-refractivity contribution is 5.32. The first-order valence-corrected chi connectivity index (χ1v) is 11.2. The number of likely N-dealkylation sites (tertiary alicyclic amines) is 1. The van der Waals surface area contributed by atoms with Crippen molar-refractivity contribution in [2.24, 2.45) is 0 Å².